The summed E-state index contributed by atoms with van der Waals surface area (Å²) < 4.78 is 7.00. The molecule has 124 valence electrons. The van der Waals surface area contributed by atoms with Crippen LogP contribution >= 0.6 is 11.3 Å². The number of ether oxygens (including phenoxy) is 1. The minimum atomic E-state index is -0.458. The lowest BCUT2D eigenvalue weighted by atomic mass is 10.2. The lowest BCUT2D eigenvalue weighted by Gasteiger charge is -2.04. The molecule has 2 heterocycles. The molecule has 0 spiro atoms. The number of hydrogen-bond acceptors (Lipinski definition) is 5. The van der Waals surface area contributed by atoms with Gasteiger partial charge in [-0.15, -0.1) is 11.3 Å². The molecule has 6 heteroatoms. The summed E-state index contributed by atoms with van der Waals surface area (Å²) in [6.07, 6.45) is 2.39. The number of esters is 1. The fourth-order valence-electron chi connectivity index (χ4n) is 2.51. The van der Waals surface area contributed by atoms with Crippen LogP contribution in [0.3, 0.4) is 0 Å². The summed E-state index contributed by atoms with van der Waals surface area (Å²) in [5.74, 6) is 0.0274. The van der Waals surface area contributed by atoms with E-state index in [1.807, 2.05) is 26.0 Å². The first kappa shape index (κ1) is 16.4. The van der Waals surface area contributed by atoms with E-state index in [2.05, 4.69) is 4.98 Å². The van der Waals surface area contributed by atoms with Crippen LogP contribution in [0, 0.1) is 13.8 Å². The van der Waals surface area contributed by atoms with E-state index >= 15 is 0 Å². The Labute approximate surface area is 143 Å². The number of fused-ring (bicyclic) bond motifs is 1. The molecule has 0 saturated carbocycles. The summed E-state index contributed by atoms with van der Waals surface area (Å²) in [5, 5.41) is 0.506. The molecule has 0 aliphatic heterocycles. The molecule has 3 aromatic rings. The Bertz CT molecular complexity index is 955. The van der Waals surface area contributed by atoms with Crippen LogP contribution < -0.4 is 10.3 Å². The molecule has 2 aromatic heterocycles. The maximum absolute atomic E-state index is 12.5. The van der Waals surface area contributed by atoms with E-state index in [9.17, 15) is 9.59 Å². The molecule has 5 nitrogen and oxygen atoms in total. The Morgan fingerprint density at radius 2 is 1.96 bits per heavy atom. The van der Waals surface area contributed by atoms with Gasteiger partial charge < -0.3 is 4.74 Å². The van der Waals surface area contributed by atoms with Gasteiger partial charge in [0.05, 0.1) is 11.7 Å². The molecule has 24 heavy (non-hydrogen) atoms. The standard InChI is InChI=1S/C18H18N2O3S/c1-4-9-20-10-19-16-14(17(20)21)12(3)15(24-16)18(22)23-13-7-5-11(2)6-8-13/h5-8,10H,4,9H2,1-3H3. The molecule has 0 N–H and O–H groups in total. The molecule has 0 amide bonds. The third kappa shape index (κ3) is 2.97. The van der Waals surface area contributed by atoms with Crippen molar-refractivity contribution in [3.63, 3.8) is 0 Å². The van der Waals surface area contributed by atoms with Crippen molar-refractivity contribution in [1.82, 2.24) is 9.55 Å². The maximum Gasteiger partial charge on any atom is 0.354 e. The molecule has 0 atom stereocenters. The van der Waals surface area contributed by atoms with Gasteiger partial charge in [0.15, 0.2) is 0 Å². The highest BCUT2D eigenvalue weighted by atomic mass is 32.1. The van der Waals surface area contributed by atoms with Gasteiger partial charge in [-0.2, -0.15) is 0 Å². The van der Waals surface area contributed by atoms with Crippen LogP contribution in [-0.2, 0) is 6.54 Å². The number of aryl methyl sites for hydroxylation is 3. The normalized spacial score (nSPS) is 11.0. The molecule has 0 bridgehead atoms. The van der Waals surface area contributed by atoms with Crippen molar-refractivity contribution in [2.24, 2.45) is 0 Å². The van der Waals surface area contributed by atoms with E-state index in [-0.39, 0.29) is 5.56 Å². The summed E-state index contributed by atoms with van der Waals surface area (Å²) >= 11 is 1.20. The number of benzene rings is 1. The predicted octanol–water partition coefficient (Wildman–Crippen LogP) is 3.70. The van der Waals surface area contributed by atoms with Crippen LogP contribution in [0.15, 0.2) is 35.4 Å². The Balaban J connectivity index is 1.99. The summed E-state index contributed by atoms with van der Waals surface area (Å²) in [6.45, 7) is 6.35. The fourth-order valence-corrected chi connectivity index (χ4v) is 3.53. The van der Waals surface area contributed by atoms with E-state index in [1.54, 1.807) is 30.0 Å². The highest BCUT2D eigenvalue weighted by Gasteiger charge is 2.21. The van der Waals surface area contributed by atoms with Crippen molar-refractivity contribution in [3.05, 3.63) is 57.0 Å². The number of nitrogens with zero attached hydrogens (tertiary/aromatic N) is 2. The van der Waals surface area contributed by atoms with Crippen molar-refractivity contribution in [1.29, 1.82) is 0 Å². The minimum absolute atomic E-state index is 0.106. The SMILES string of the molecule is CCCn1cnc2sc(C(=O)Oc3ccc(C)cc3)c(C)c2c1=O. The van der Waals surface area contributed by atoms with Gasteiger partial charge in [0.1, 0.15) is 15.5 Å². The Hall–Kier alpha value is -2.47. The summed E-state index contributed by atoms with van der Waals surface area (Å²) in [5.41, 5.74) is 1.62. The van der Waals surface area contributed by atoms with Crippen molar-refractivity contribution in [2.45, 2.75) is 33.7 Å². The molecule has 0 aliphatic carbocycles. The Kier molecular flexibility index (Phi) is 4.49. The lowest BCUT2D eigenvalue weighted by molar-refractivity contribution is 0.0739. The highest BCUT2D eigenvalue weighted by molar-refractivity contribution is 7.20. The van der Waals surface area contributed by atoms with Gasteiger partial charge >= 0.3 is 5.97 Å². The zero-order chi connectivity index (χ0) is 17.3. The van der Waals surface area contributed by atoms with E-state index in [0.717, 1.165) is 12.0 Å². The van der Waals surface area contributed by atoms with Gasteiger partial charge in [0, 0.05) is 6.54 Å². The van der Waals surface area contributed by atoms with Gasteiger partial charge in [0.25, 0.3) is 5.56 Å². The Morgan fingerprint density at radius 1 is 1.25 bits per heavy atom. The first-order valence-electron chi connectivity index (χ1n) is 7.78. The van der Waals surface area contributed by atoms with E-state index < -0.39 is 5.97 Å². The average molecular weight is 342 g/mol. The smallest absolute Gasteiger partial charge is 0.354 e. The van der Waals surface area contributed by atoms with Crippen LogP contribution in [-0.4, -0.2) is 15.5 Å². The molecule has 1 aromatic carbocycles. The lowest BCUT2D eigenvalue weighted by Crippen LogP contribution is -2.20. The number of carbonyl (C=O) groups is 1. The Morgan fingerprint density at radius 3 is 2.62 bits per heavy atom. The molecule has 0 radical (unpaired) electrons. The number of rotatable bonds is 4. The quantitative estimate of drug-likeness (QED) is 0.536. The third-order valence-electron chi connectivity index (χ3n) is 3.80. The van der Waals surface area contributed by atoms with Crippen LogP contribution in [0.25, 0.3) is 10.2 Å². The maximum atomic E-state index is 12.5. The van der Waals surface area contributed by atoms with Gasteiger partial charge in [0.2, 0.25) is 0 Å². The fraction of sp³-hybridized carbons (Fsp3) is 0.278. The number of hydrogen-bond donors (Lipinski definition) is 0. The second-order valence-corrected chi connectivity index (χ2v) is 6.68. The zero-order valence-electron chi connectivity index (χ0n) is 13.8. The molecular formula is C18H18N2O3S. The van der Waals surface area contributed by atoms with Crippen molar-refractivity contribution < 1.29 is 9.53 Å². The molecule has 0 aliphatic rings. The van der Waals surface area contributed by atoms with E-state index in [0.29, 0.717) is 33.0 Å². The van der Waals surface area contributed by atoms with E-state index in [4.69, 9.17) is 4.74 Å². The molecular weight excluding hydrogens is 324 g/mol. The first-order chi connectivity index (χ1) is 11.5. The summed E-state index contributed by atoms with van der Waals surface area (Å²) in [6, 6.07) is 7.27. The minimum Gasteiger partial charge on any atom is -0.422 e. The number of aromatic nitrogens is 2. The number of carbonyl (C=O) groups excluding carboxylic acids is 1. The van der Waals surface area contributed by atoms with Crippen LogP contribution in [0.2, 0.25) is 0 Å². The monoisotopic (exact) mass is 342 g/mol. The van der Waals surface area contributed by atoms with Gasteiger partial charge in [-0.3, -0.25) is 9.36 Å². The van der Waals surface area contributed by atoms with Gasteiger partial charge in [-0.25, -0.2) is 9.78 Å². The molecule has 0 unspecified atom stereocenters. The second kappa shape index (κ2) is 6.57. The highest BCUT2D eigenvalue weighted by Crippen LogP contribution is 2.28. The van der Waals surface area contributed by atoms with Crippen LogP contribution in [0.5, 0.6) is 5.75 Å². The van der Waals surface area contributed by atoms with Gasteiger partial charge in [-0.05, 0) is 38.0 Å². The molecule has 0 fully saturated rings. The topological polar surface area (TPSA) is 61.2 Å². The second-order valence-electron chi connectivity index (χ2n) is 5.68. The van der Waals surface area contributed by atoms with E-state index in [1.165, 1.54) is 11.3 Å². The van der Waals surface area contributed by atoms with Gasteiger partial charge in [-0.1, -0.05) is 24.6 Å². The van der Waals surface area contributed by atoms with Crippen molar-refractivity contribution in [2.75, 3.05) is 0 Å². The number of thiophene rings is 1. The third-order valence-corrected chi connectivity index (χ3v) is 4.98. The van der Waals surface area contributed by atoms with Crippen molar-refractivity contribution >= 4 is 27.5 Å². The largest absolute Gasteiger partial charge is 0.422 e. The van der Waals surface area contributed by atoms with Crippen LogP contribution in [0.4, 0.5) is 0 Å². The summed E-state index contributed by atoms with van der Waals surface area (Å²) in [7, 11) is 0. The zero-order valence-corrected chi connectivity index (χ0v) is 14.6. The van der Waals surface area contributed by atoms with Crippen LogP contribution in [0.1, 0.15) is 34.1 Å². The predicted molar refractivity (Wildman–Crippen MR) is 95.0 cm³/mol. The summed E-state index contributed by atoms with van der Waals surface area (Å²) in [4.78, 5) is 30.3. The average Bonchev–Trinajstić information content (AvgIpc) is 2.90. The first-order valence-corrected chi connectivity index (χ1v) is 8.60. The molecule has 0 saturated heterocycles. The molecule has 3 rings (SSSR count). The van der Waals surface area contributed by atoms with Crippen molar-refractivity contribution in [3.8, 4) is 5.75 Å².